The first-order valence-electron chi connectivity index (χ1n) is 10.8. The number of rotatable bonds is 8. The standard InChI is InChI=1S/C23H31N5O2S/c1-23(17-3-4-17)6-8-28(22(23)30)18-5-7-26-20(10-18)21(29)27-13-19-9-15(14-31-19)16(11-24)12-25-2/h5,7,9-10,12,14,17,20,25-26H,3-4,6,8,11,13,24H2,1-2H3,(H,27,29)/b16-12+. The Morgan fingerprint density at radius 2 is 2.26 bits per heavy atom. The Labute approximate surface area is 187 Å². The average molecular weight is 442 g/mol. The van der Waals surface area contributed by atoms with Crippen molar-refractivity contribution in [3.05, 3.63) is 52.1 Å². The zero-order chi connectivity index (χ0) is 22.0. The molecular weight excluding hydrogens is 410 g/mol. The summed E-state index contributed by atoms with van der Waals surface area (Å²) in [7, 11) is 1.85. The third-order valence-electron chi connectivity index (χ3n) is 6.53. The number of carbonyl (C=O) groups is 2. The maximum atomic E-state index is 13.0. The van der Waals surface area contributed by atoms with E-state index in [4.69, 9.17) is 5.73 Å². The van der Waals surface area contributed by atoms with Gasteiger partial charge in [0.25, 0.3) is 0 Å². The molecule has 2 aliphatic heterocycles. The van der Waals surface area contributed by atoms with Crippen LogP contribution in [0.15, 0.2) is 41.7 Å². The molecule has 2 fully saturated rings. The number of hydrogen-bond acceptors (Lipinski definition) is 6. The van der Waals surface area contributed by atoms with Crippen LogP contribution in [0.4, 0.5) is 0 Å². The molecule has 3 heterocycles. The van der Waals surface area contributed by atoms with Crippen LogP contribution in [-0.2, 0) is 16.1 Å². The Kier molecular flexibility index (Phi) is 6.20. The van der Waals surface area contributed by atoms with Crippen LogP contribution in [0, 0.1) is 11.3 Å². The van der Waals surface area contributed by atoms with E-state index in [1.165, 1.54) is 0 Å². The molecule has 0 radical (unpaired) electrons. The molecule has 2 unspecified atom stereocenters. The minimum Gasteiger partial charge on any atom is -0.394 e. The lowest BCUT2D eigenvalue weighted by atomic mass is 9.83. The van der Waals surface area contributed by atoms with Gasteiger partial charge in [-0.15, -0.1) is 11.3 Å². The van der Waals surface area contributed by atoms with Gasteiger partial charge in [-0.1, -0.05) is 6.92 Å². The number of carbonyl (C=O) groups excluding carboxylic acids is 2. The minimum atomic E-state index is -0.496. The van der Waals surface area contributed by atoms with E-state index >= 15 is 0 Å². The Morgan fingerprint density at radius 1 is 1.45 bits per heavy atom. The highest BCUT2D eigenvalue weighted by Gasteiger charge is 2.52. The molecule has 1 aliphatic carbocycles. The van der Waals surface area contributed by atoms with Crippen molar-refractivity contribution in [2.75, 3.05) is 20.1 Å². The van der Waals surface area contributed by atoms with Crippen LogP contribution in [0.3, 0.4) is 0 Å². The number of allylic oxidation sites excluding steroid dienone is 1. The summed E-state index contributed by atoms with van der Waals surface area (Å²) >= 11 is 1.60. The van der Waals surface area contributed by atoms with E-state index in [1.807, 2.05) is 35.7 Å². The van der Waals surface area contributed by atoms with Crippen LogP contribution in [-0.4, -0.2) is 42.9 Å². The van der Waals surface area contributed by atoms with Gasteiger partial charge in [0, 0.05) is 36.9 Å². The predicted octanol–water partition coefficient (Wildman–Crippen LogP) is 1.90. The summed E-state index contributed by atoms with van der Waals surface area (Å²) in [6.45, 7) is 3.72. The molecule has 3 aliphatic rings. The summed E-state index contributed by atoms with van der Waals surface area (Å²) in [5, 5.41) is 11.1. The minimum absolute atomic E-state index is 0.113. The van der Waals surface area contributed by atoms with E-state index in [0.717, 1.165) is 47.5 Å². The normalized spacial score (nSPS) is 26.0. The van der Waals surface area contributed by atoms with Crippen molar-refractivity contribution in [3.63, 3.8) is 0 Å². The molecule has 1 aromatic heterocycles. The Morgan fingerprint density at radius 3 is 2.97 bits per heavy atom. The van der Waals surface area contributed by atoms with Gasteiger partial charge in [0.05, 0.1) is 12.0 Å². The van der Waals surface area contributed by atoms with Crippen molar-refractivity contribution < 1.29 is 9.59 Å². The third-order valence-corrected chi connectivity index (χ3v) is 7.46. The summed E-state index contributed by atoms with van der Waals surface area (Å²) < 4.78 is 0. The molecule has 4 rings (SSSR count). The van der Waals surface area contributed by atoms with Gasteiger partial charge >= 0.3 is 0 Å². The highest BCUT2D eigenvalue weighted by atomic mass is 32.1. The quantitative estimate of drug-likeness (QED) is 0.494. The van der Waals surface area contributed by atoms with Gasteiger partial charge in [-0.3, -0.25) is 9.59 Å². The zero-order valence-electron chi connectivity index (χ0n) is 18.1. The van der Waals surface area contributed by atoms with E-state index in [1.54, 1.807) is 17.5 Å². The van der Waals surface area contributed by atoms with Crippen LogP contribution in [0.2, 0.25) is 0 Å². The first-order chi connectivity index (χ1) is 15.0. The molecule has 0 spiro atoms. The summed E-state index contributed by atoms with van der Waals surface area (Å²) in [6, 6.07) is 1.56. The van der Waals surface area contributed by atoms with Crippen molar-refractivity contribution in [1.29, 1.82) is 0 Å². The van der Waals surface area contributed by atoms with Gasteiger partial charge in [-0.25, -0.2) is 0 Å². The van der Waals surface area contributed by atoms with Crippen molar-refractivity contribution >= 4 is 28.7 Å². The highest BCUT2D eigenvalue weighted by Crippen LogP contribution is 2.51. The van der Waals surface area contributed by atoms with E-state index in [9.17, 15) is 9.59 Å². The fourth-order valence-electron chi connectivity index (χ4n) is 4.41. The van der Waals surface area contributed by atoms with Crippen LogP contribution in [0.1, 0.15) is 36.6 Å². The number of thiophene rings is 1. The number of nitrogens with two attached hydrogens (primary N) is 1. The fourth-order valence-corrected chi connectivity index (χ4v) is 5.26. The van der Waals surface area contributed by atoms with E-state index in [-0.39, 0.29) is 17.2 Å². The molecule has 166 valence electrons. The molecule has 0 aromatic carbocycles. The Hall–Kier alpha value is -2.58. The van der Waals surface area contributed by atoms with E-state index < -0.39 is 6.04 Å². The molecule has 2 atom stereocenters. The molecule has 7 nitrogen and oxygen atoms in total. The van der Waals surface area contributed by atoms with Gasteiger partial charge in [0.15, 0.2) is 0 Å². The van der Waals surface area contributed by atoms with Crippen LogP contribution < -0.4 is 21.7 Å². The molecule has 1 saturated heterocycles. The van der Waals surface area contributed by atoms with Crippen molar-refractivity contribution in [2.24, 2.45) is 17.1 Å². The second kappa shape index (κ2) is 8.88. The monoisotopic (exact) mass is 441 g/mol. The maximum absolute atomic E-state index is 13.0. The number of nitrogens with one attached hydrogen (secondary N) is 3. The number of dihydropyridines is 1. The molecule has 2 amide bonds. The topological polar surface area (TPSA) is 99.5 Å². The molecule has 1 aromatic rings. The number of hydrogen-bond donors (Lipinski definition) is 4. The lowest BCUT2D eigenvalue weighted by molar-refractivity contribution is -0.134. The SMILES string of the molecule is CN/C=C(\CN)c1csc(CNC(=O)C2C=C(N3CCC(C)(C4CC4)C3=O)C=CN2)c1. The summed E-state index contributed by atoms with van der Waals surface area (Å²) in [6.07, 6.45) is 10.6. The molecule has 8 heteroatoms. The van der Waals surface area contributed by atoms with Gasteiger partial charge in [-0.2, -0.15) is 0 Å². The van der Waals surface area contributed by atoms with Crippen LogP contribution in [0.25, 0.3) is 5.57 Å². The molecule has 1 saturated carbocycles. The van der Waals surface area contributed by atoms with Gasteiger partial charge in [0.2, 0.25) is 11.8 Å². The fraction of sp³-hybridized carbons (Fsp3) is 0.478. The lowest BCUT2D eigenvalue weighted by Gasteiger charge is -2.26. The number of amides is 2. The zero-order valence-corrected chi connectivity index (χ0v) is 18.9. The smallest absolute Gasteiger partial charge is 0.246 e. The van der Waals surface area contributed by atoms with Gasteiger partial charge < -0.3 is 26.6 Å². The highest BCUT2D eigenvalue weighted by molar-refractivity contribution is 7.10. The second-order valence-electron chi connectivity index (χ2n) is 8.65. The van der Waals surface area contributed by atoms with E-state index in [2.05, 4.69) is 28.9 Å². The third kappa shape index (κ3) is 4.41. The van der Waals surface area contributed by atoms with Crippen LogP contribution in [0.5, 0.6) is 0 Å². The largest absolute Gasteiger partial charge is 0.394 e. The molecule has 31 heavy (non-hydrogen) atoms. The predicted molar refractivity (Wildman–Crippen MR) is 124 cm³/mol. The Bertz CT molecular complexity index is 946. The summed E-state index contributed by atoms with van der Waals surface area (Å²) in [4.78, 5) is 28.7. The summed E-state index contributed by atoms with van der Waals surface area (Å²) in [5.41, 5.74) is 8.48. The van der Waals surface area contributed by atoms with Crippen LogP contribution >= 0.6 is 11.3 Å². The lowest BCUT2D eigenvalue weighted by Crippen LogP contribution is -2.43. The number of nitrogens with zero attached hydrogens (tertiary/aromatic N) is 1. The Balaban J connectivity index is 1.37. The first kappa shape index (κ1) is 21.6. The maximum Gasteiger partial charge on any atom is 0.246 e. The van der Waals surface area contributed by atoms with Crippen molar-refractivity contribution in [3.8, 4) is 0 Å². The average Bonchev–Trinajstić information content (AvgIpc) is 3.47. The van der Waals surface area contributed by atoms with Crippen molar-refractivity contribution in [2.45, 2.75) is 38.8 Å². The van der Waals surface area contributed by atoms with E-state index in [0.29, 0.717) is 19.0 Å². The van der Waals surface area contributed by atoms with Crippen molar-refractivity contribution in [1.82, 2.24) is 20.9 Å². The molecule has 0 bridgehead atoms. The van der Waals surface area contributed by atoms with Gasteiger partial charge in [0.1, 0.15) is 6.04 Å². The van der Waals surface area contributed by atoms with Gasteiger partial charge in [-0.05, 0) is 66.1 Å². The second-order valence-corrected chi connectivity index (χ2v) is 9.65. The first-order valence-corrected chi connectivity index (χ1v) is 11.7. The number of likely N-dealkylation sites (tertiary alicyclic amines) is 1. The molecule has 5 N–H and O–H groups in total. The summed E-state index contributed by atoms with van der Waals surface area (Å²) in [5.74, 6) is 0.607. The molecular formula is C23H31N5O2S.